The standard InChI is InChI=1S/C19H19N3OS.ClH/c20-11-18-21-17(14-24-18)19(23)22(12-15-7-3-1-4-8-15)13-16-9-5-2-6-10-16;/h1-10,14H,11-13,20H2;1H. The largest absolute Gasteiger partial charge is 0.329 e. The third kappa shape index (κ3) is 5.13. The van der Waals surface area contributed by atoms with Crippen molar-refractivity contribution in [2.45, 2.75) is 19.6 Å². The van der Waals surface area contributed by atoms with E-state index in [1.165, 1.54) is 11.3 Å². The number of halogens is 1. The molecule has 6 heteroatoms. The lowest BCUT2D eigenvalue weighted by atomic mass is 10.1. The molecule has 1 heterocycles. The van der Waals surface area contributed by atoms with Gasteiger partial charge in [0.2, 0.25) is 0 Å². The van der Waals surface area contributed by atoms with E-state index in [2.05, 4.69) is 4.98 Å². The number of carbonyl (C=O) groups excluding carboxylic acids is 1. The monoisotopic (exact) mass is 373 g/mol. The number of nitrogens with zero attached hydrogens (tertiary/aromatic N) is 2. The highest BCUT2D eigenvalue weighted by Crippen LogP contribution is 2.16. The van der Waals surface area contributed by atoms with Crippen molar-refractivity contribution < 1.29 is 4.79 Å². The number of amides is 1. The minimum absolute atomic E-state index is 0. The number of hydrogen-bond donors (Lipinski definition) is 1. The van der Waals surface area contributed by atoms with Gasteiger partial charge in [0.15, 0.2) is 0 Å². The van der Waals surface area contributed by atoms with Crippen molar-refractivity contribution in [2.24, 2.45) is 5.73 Å². The van der Waals surface area contributed by atoms with E-state index >= 15 is 0 Å². The first-order chi connectivity index (χ1) is 11.8. The van der Waals surface area contributed by atoms with Crippen LogP contribution in [0.3, 0.4) is 0 Å². The van der Waals surface area contributed by atoms with Crippen molar-refractivity contribution in [2.75, 3.05) is 0 Å². The molecule has 0 spiro atoms. The normalized spacial score (nSPS) is 10.1. The summed E-state index contributed by atoms with van der Waals surface area (Å²) in [7, 11) is 0. The fourth-order valence-corrected chi connectivity index (χ4v) is 3.12. The Morgan fingerprint density at radius 2 is 1.48 bits per heavy atom. The van der Waals surface area contributed by atoms with Crippen LogP contribution in [-0.4, -0.2) is 15.8 Å². The average molecular weight is 374 g/mol. The second-order valence-electron chi connectivity index (χ2n) is 5.46. The van der Waals surface area contributed by atoms with E-state index in [1.54, 1.807) is 5.38 Å². The number of hydrogen-bond acceptors (Lipinski definition) is 4. The molecule has 0 aliphatic carbocycles. The Hall–Kier alpha value is -2.21. The molecule has 0 aliphatic rings. The average Bonchev–Trinajstić information content (AvgIpc) is 3.11. The fraction of sp³-hybridized carbons (Fsp3) is 0.158. The van der Waals surface area contributed by atoms with Gasteiger partial charge in [0.05, 0.1) is 0 Å². The van der Waals surface area contributed by atoms with E-state index in [4.69, 9.17) is 5.73 Å². The number of aromatic nitrogens is 1. The van der Waals surface area contributed by atoms with Crippen LogP contribution in [0.15, 0.2) is 66.0 Å². The Labute approximate surface area is 157 Å². The van der Waals surface area contributed by atoms with Crippen molar-refractivity contribution >= 4 is 29.7 Å². The molecule has 2 N–H and O–H groups in total. The summed E-state index contributed by atoms with van der Waals surface area (Å²) < 4.78 is 0. The van der Waals surface area contributed by atoms with E-state index in [9.17, 15) is 4.79 Å². The van der Waals surface area contributed by atoms with Crippen molar-refractivity contribution in [3.63, 3.8) is 0 Å². The second kappa shape index (κ2) is 9.32. The molecule has 0 saturated heterocycles. The van der Waals surface area contributed by atoms with Crippen LogP contribution < -0.4 is 5.73 Å². The molecule has 0 saturated carbocycles. The Morgan fingerprint density at radius 1 is 0.960 bits per heavy atom. The minimum atomic E-state index is -0.0707. The molecule has 0 unspecified atom stereocenters. The highest BCUT2D eigenvalue weighted by Gasteiger charge is 2.19. The molecule has 0 atom stereocenters. The molecule has 0 fully saturated rings. The summed E-state index contributed by atoms with van der Waals surface area (Å²) in [6.07, 6.45) is 0. The molecule has 4 nitrogen and oxygen atoms in total. The zero-order chi connectivity index (χ0) is 16.8. The van der Waals surface area contributed by atoms with Gasteiger partial charge in [0.25, 0.3) is 5.91 Å². The summed E-state index contributed by atoms with van der Waals surface area (Å²) >= 11 is 1.42. The molecule has 130 valence electrons. The first-order valence-electron chi connectivity index (χ1n) is 7.78. The Morgan fingerprint density at radius 3 is 1.92 bits per heavy atom. The van der Waals surface area contributed by atoms with E-state index in [-0.39, 0.29) is 18.3 Å². The van der Waals surface area contributed by atoms with Gasteiger partial charge in [-0.25, -0.2) is 4.98 Å². The van der Waals surface area contributed by atoms with Crippen LogP contribution in [-0.2, 0) is 19.6 Å². The molecule has 2 aromatic carbocycles. The maximum atomic E-state index is 12.9. The van der Waals surface area contributed by atoms with Gasteiger partial charge in [-0.3, -0.25) is 4.79 Å². The highest BCUT2D eigenvalue weighted by atomic mass is 35.5. The molecular weight excluding hydrogens is 354 g/mol. The summed E-state index contributed by atoms with van der Waals surface area (Å²) in [5, 5.41) is 2.56. The number of benzene rings is 2. The first-order valence-corrected chi connectivity index (χ1v) is 8.66. The van der Waals surface area contributed by atoms with Gasteiger partial charge >= 0.3 is 0 Å². The Kier molecular flexibility index (Phi) is 7.13. The zero-order valence-electron chi connectivity index (χ0n) is 13.7. The Balaban J connectivity index is 0.00000225. The maximum Gasteiger partial charge on any atom is 0.273 e. The number of rotatable bonds is 6. The second-order valence-corrected chi connectivity index (χ2v) is 6.41. The Bertz CT molecular complexity index is 751. The molecule has 25 heavy (non-hydrogen) atoms. The minimum Gasteiger partial charge on any atom is -0.329 e. The van der Waals surface area contributed by atoms with Crippen molar-refractivity contribution in [1.29, 1.82) is 0 Å². The predicted octanol–water partition coefficient (Wildman–Crippen LogP) is 3.87. The van der Waals surface area contributed by atoms with E-state index in [1.807, 2.05) is 65.6 Å². The summed E-state index contributed by atoms with van der Waals surface area (Å²) in [6.45, 7) is 1.45. The van der Waals surface area contributed by atoms with Gasteiger partial charge < -0.3 is 10.6 Å². The van der Waals surface area contributed by atoms with Gasteiger partial charge in [0, 0.05) is 25.0 Å². The number of thiazole rings is 1. The topological polar surface area (TPSA) is 59.2 Å². The summed E-state index contributed by atoms with van der Waals surface area (Å²) in [5.41, 5.74) is 8.26. The number of nitrogens with two attached hydrogens (primary N) is 1. The third-order valence-electron chi connectivity index (χ3n) is 3.67. The van der Waals surface area contributed by atoms with E-state index in [0.717, 1.165) is 16.1 Å². The lowest BCUT2D eigenvalue weighted by Crippen LogP contribution is -2.30. The summed E-state index contributed by atoms with van der Waals surface area (Å²) in [5.74, 6) is -0.0707. The molecule has 3 aromatic rings. The highest BCUT2D eigenvalue weighted by molar-refractivity contribution is 7.09. The third-order valence-corrected chi connectivity index (χ3v) is 4.54. The number of carbonyl (C=O) groups is 1. The van der Waals surface area contributed by atoms with Gasteiger partial charge in [0.1, 0.15) is 10.7 Å². The van der Waals surface area contributed by atoms with Crippen LogP contribution >= 0.6 is 23.7 Å². The smallest absolute Gasteiger partial charge is 0.273 e. The van der Waals surface area contributed by atoms with Crippen molar-refractivity contribution in [1.82, 2.24) is 9.88 Å². The predicted molar refractivity (Wildman–Crippen MR) is 104 cm³/mol. The molecule has 1 amide bonds. The first kappa shape index (κ1) is 19.1. The van der Waals surface area contributed by atoms with Crippen molar-refractivity contribution in [3.05, 3.63) is 87.9 Å². The lowest BCUT2D eigenvalue weighted by Gasteiger charge is -2.22. The summed E-state index contributed by atoms with van der Waals surface area (Å²) in [4.78, 5) is 19.1. The molecular formula is C19H20ClN3OS. The van der Waals surface area contributed by atoms with Gasteiger partial charge in [-0.15, -0.1) is 23.7 Å². The van der Waals surface area contributed by atoms with E-state index in [0.29, 0.717) is 25.3 Å². The maximum absolute atomic E-state index is 12.9. The van der Waals surface area contributed by atoms with Crippen molar-refractivity contribution in [3.8, 4) is 0 Å². The van der Waals surface area contributed by atoms with Crippen LogP contribution in [0, 0.1) is 0 Å². The fourth-order valence-electron chi connectivity index (χ4n) is 2.47. The molecule has 3 rings (SSSR count). The van der Waals surface area contributed by atoms with Crippen LogP contribution in [0.25, 0.3) is 0 Å². The van der Waals surface area contributed by atoms with Crippen LogP contribution in [0.1, 0.15) is 26.6 Å². The molecule has 0 radical (unpaired) electrons. The lowest BCUT2D eigenvalue weighted by molar-refractivity contribution is 0.0724. The summed E-state index contributed by atoms with van der Waals surface area (Å²) in [6, 6.07) is 20.0. The zero-order valence-corrected chi connectivity index (χ0v) is 15.3. The SMILES string of the molecule is Cl.NCc1nc(C(=O)N(Cc2ccccc2)Cc2ccccc2)cs1. The quantitative estimate of drug-likeness (QED) is 0.713. The van der Waals surface area contributed by atoms with Crippen LogP contribution in [0.2, 0.25) is 0 Å². The molecule has 0 aliphatic heterocycles. The molecule has 1 aromatic heterocycles. The van der Waals surface area contributed by atoms with Crippen LogP contribution in [0.5, 0.6) is 0 Å². The van der Waals surface area contributed by atoms with Gasteiger partial charge in [-0.05, 0) is 11.1 Å². The van der Waals surface area contributed by atoms with E-state index < -0.39 is 0 Å². The van der Waals surface area contributed by atoms with Gasteiger partial charge in [-0.2, -0.15) is 0 Å². The van der Waals surface area contributed by atoms with Gasteiger partial charge in [-0.1, -0.05) is 60.7 Å². The molecule has 0 bridgehead atoms. The van der Waals surface area contributed by atoms with Crippen LogP contribution in [0.4, 0.5) is 0 Å².